The molecule has 3 amide bonds. The lowest BCUT2D eigenvalue weighted by Gasteiger charge is -2.33. The van der Waals surface area contributed by atoms with Crippen LogP contribution in [0.25, 0.3) is 0 Å². The van der Waals surface area contributed by atoms with Gasteiger partial charge in [-0.2, -0.15) is 0 Å². The lowest BCUT2D eigenvalue weighted by molar-refractivity contribution is -0.140. The van der Waals surface area contributed by atoms with Crippen molar-refractivity contribution in [1.82, 2.24) is 15.5 Å². The highest BCUT2D eigenvalue weighted by Gasteiger charge is 2.30. The molecule has 7 nitrogen and oxygen atoms in total. The molecular weight excluding hydrogens is 262 g/mol. The van der Waals surface area contributed by atoms with Gasteiger partial charge in [0.25, 0.3) is 0 Å². The smallest absolute Gasteiger partial charge is 0.326 e. The van der Waals surface area contributed by atoms with Crippen molar-refractivity contribution >= 4 is 17.9 Å². The zero-order valence-corrected chi connectivity index (χ0v) is 12.2. The standard InChI is InChI=1S/C13H23N3O4/c1-8(2)10(12(18)19)15-13(20)16-6-4-5-9(7-16)11(17)14-3/h8-10H,4-7H2,1-3H3,(H,14,17)(H,15,20)(H,18,19)/t9?,10-/m0/s1. The maximum absolute atomic E-state index is 12.1. The summed E-state index contributed by atoms with van der Waals surface area (Å²) in [6.07, 6.45) is 1.49. The third-order valence-electron chi connectivity index (χ3n) is 3.54. The second kappa shape index (κ2) is 7.12. The van der Waals surface area contributed by atoms with Crippen LogP contribution in [0.5, 0.6) is 0 Å². The van der Waals surface area contributed by atoms with Gasteiger partial charge in [0.05, 0.1) is 5.92 Å². The largest absolute Gasteiger partial charge is 0.480 e. The molecular formula is C13H23N3O4. The number of carbonyl (C=O) groups is 3. The fourth-order valence-corrected chi connectivity index (χ4v) is 2.32. The summed E-state index contributed by atoms with van der Waals surface area (Å²) in [5, 5.41) is 14.2. The van der Waals surface area contributed by atoms with E-state index >= 15 is 0 Å². The van der Waals surface area contributed by atoms with E-state index in [4.69, 9.17) is 5.11 Å². The van der Waals surface area contributed by atoms with Gasteiger partial charge in [0.15, 0.2) is 0 Å². The number of hydrogen-bond acceptors (Lipinski definition) is 3. The van der Waals surface area contributed by atoms with E-state index in [2.05, 4.69) is 10.6 Å². The van der Waals surface area contributed by atoms with Crippen molar-refractivity contribution < 1.29 is 19.5 Å². The van der Waals surface area contributed by atoms with Crippen LogP contribution in [-0.2, 0) is 9.59 Å². The molecule has 0 saturated carbocycles. The van der Waals surface area contributed by atoms with E-state index < -0.39 is 18.0 Å². The first-order valence-corrected chi connectivity index (χ1v) is 6.86. The molecule has 114 valence electrons. The maximum atomic E-state index is 12.1. The van der Waals surface area contributed by atoms with Gasteiger partial charge in [0.2, 0.25) is 5.91 Å². The Hall–Kier alpha value is -1.79. The Balaban J connectivity index is 2.62. The molecule has 1 saturated heterocycles. The third-order valence-corrected chi connectivity index (χ3v) is 3.54. The Morgan fingerprint density at radius 3 is 2.45 bits per heavy atom. The molecule has 1 unspecified atom stereocenters. The number of urea groups is 1. The van der Waals surface area contributed by atoms with Crippen LogP contribution < -0.4 is 10.6 Å². The van der Waals surface area contributed by atoms with E-state index in [1.807, 2.05) is 0 Å². The number of nitrogens with one attached hydrogen (secondary N) is 2. The molecule has 0 bridgehead atoms. The summed E-state index contributed by atoms with van der Waals surface area (Å²) in [7, 11) is 1.57. The molecule has 0 aliphatic carbocycles. The van der Waals surface area contributed by atoms with E-state index in [0.717, 1.165) is 12.8 Å². The Morgan fingerprint density at radius 1 is 1.30 bits per heavy atom. The number of aliphatic carboxylic acids is 1. The first-order chi connectivity index (χ1) is 9.36. The number of hydrogen-bond donors (Lipinski definition) is 3. The van der Waals surface area contributed by atoms with Gasteiger partial charge < -0.3 is 20.6 Å². The van der Waals surface area contributed by atoms with E-state index in [0.29, 0.717) is 13.1 Å². The molecule has 1 aliphatic heterocycles. The predicted molar refractivity (Wildman–Crippen MR) is 73.2 cm³/mol. The minimum atomic E-state index is -1.05. The molecule has 0 aromatic carbocycles. The number of rotatable bonds is 4. The molecule has 3 N–H and O–H groups in total. The number of carboxylic acid groups (broad SMARTS) is 1. The summed E-state index contributed by atoms with van der Waals surface area (Å²) < 4.78 is 0. The monoisotopic (exact) mass is 285 g/mol. The Kier molecular flexibility index (Phi) is 5.79. The van der Waals surface area contributed by atoms with Crippen molar-refractivity contribution in [2.24, 2.45) is 11.8 Å². The number of carboxylic acids is 1. The van der Waals surface area contributed by atoms with E-state index in [9.17, 15) is 14.4 Å². The molecule has 1 heterocycles. The van der Waals surface area contributed by atoms with Crippen molar-refractivity contribution in [3.05, 3.63) is 0 Å². The van der Waals surface area contributed by atoms with Gasteiger partial charge in [0, 0.05) is 20.1 Å². The number of carbonyl (C=O) groups excluding carboxylic acids is 2. The van der Waals surface area contributed by atoms with Gasteiger partial charge >= 0.3 is 12.0 Å². The topological polar surface area (TPSA) is 98.7 Å². The van der Waals surface area contributed by atoms with Gasteiger partial charge in [-0.1, -0.05) is 13.8 Å². The summed E-state index contributed by atoms with van der Waals surface area (Å²) in [5.74, 6) is -1.55. The highest BCUT2D eigenvalue weighted by molar-refractivity contribution is 5.84. The van der Waals surface area contributed by atoms with Crippen LogP contribution in [0.4, 0.5) is 4.79 Å². The van der Waals surface area contributed by atoms with Crippen molar-refractivity contribution in [3.8, 4) is 0 Å². The van der Waals surface area contributed by atoms with Gasteiger partial charge in [-0.05, 0) is 18.8 Å². The van der Waals surface area contributed by atoms with Crippen LogP contribution >= 0.6 is 0 Å². The average molecular weight is 285 g/mol. The van der Waals surface area contributed by atoms with Crippen LogP contribution in [0.3, 0.4) is 0 Å². The van der Waals surface area contributed by atoms with Crippen molar-refractivity contribution in [2.45, 2.75) is 32.7 Å². The predicted octanol–water partition coefficient (Wildman–Crippen LogP) is 0.263. The number of nitrogens with zero attached hydrogens (tertiary/aromatic N) is 1. The highest BCUT2D eigenvalue weighted by atomic mass is 16.4. The second-order valence-corrected chi connectivity index (χ2v) is 5.41. The summed E-state index contributed by atoms with van der Waals surface area (Å²) in [6, 6.07) is -1.33. The van der Waals surface area contributed by atoms with E-state index in [1.54, 1.807) is 20.9 Å². The molecule has 0 spiro atoms. The quantitative estimate of drug-likeness (QED) is 0.690. The number of piperidine rings is 1. The number of amides is 3. The minimum Gasteiger partial charge on any atom is -0.480 e. The van der Waals surface area contributed by atoms with Gasteiger partial charge in [-0.25, -0.2) is 9.59 Å². The van der Waals surface area contributed by atoms with Crippen molar-refractivity contribution in [2.75, 3.05) is 20.1 Å². The van der Waals surface area contributed by atoms with Gasteiger partial charge in [0.1, 0.15) is 6.04 Å². The van der Waals surface area contributed by atoms with Crippen molar-refractivity contribution in [1.29, 1.82) is 0 Å². The average Bonchev–Trinajstić information content (AvgIpc) is 2.42. The summed E-state index contributed by atoms with van der Waals surface area (Å²) >= 11 is 0. The zero-order valence-electron chi connectivity index (χ0n) is 12.2. The Morgan fingerprint density at radius 2 is 1.95 bits per heavy atom. The Bertz CT molecular complexity index is 384. The molecule has 2 atom stereocenters. The lowest BCUT2D eigenvalue weighted by atomic mass is 9.97. The second-order valence-electron chi connectivity index (χ2n) is 5.41. The summed E-state index contributed by atoms with van der Waals surface area (Å²) in [4.78, 5) is 36.3. The first-order valence-electron chi connectivity index (χ1n) is 6.86. The maximum Gasteiger partial charge on any atom is 0.326 e. The van der Waals surface area contributed by atoms with Gasteiger partial charge in [-0.15, -0.1) is 0 Å². The molecule has 0 radical (unpaired) electrons. The Labute approximate surface area is 118 Å². The normalized spacial score (nSPS) is 20.4. The van der Waals surface area contributed by atoms with Gasteiger partial charge in [-0.3, -0.25) is 4.79 Å². The SMILES string of the molecule is CNC(=O)C1CCCN(C(=O)N[C@H](C(=O)O)C(C)C)C1. The van der Waals surface area contributed by atoms with Crippen LogP contribution in [0.1, 0.15) is 26.7 Å². The van der Waals surface area contributed by atoms with Crippen LogP contribution in [0, 0.1) is 11.8 Å². The number of likely N-dealkylation sites (tertiary alicyclic amines) is 1. The first kappa shape index (κ1) is 16.3. The molecule has 0 aromatic heterocycles. The van der Waals surface area contributed by atoms with Crippen molar-refractivity contribution in [3.63, 3.8) is 0 Å². The molecule has 1 aliphatic rings. The van der Waals surface area contributed by atoms with Crippen LogP contribution in [0.2, 0.25) is 0 Å². The summed E-state index contributed by atoms with van der Waals surface area (Å²) in [5.41, 5.74) is 0. The third kappa shape index (κ3) is 4.11. The molecule has 7 heteroatoms. The van der Waals surface area contributed by atoms with Crippen LogP contribution in [0.15, 0.2) is 0 Å². The molecule has 20 heavy (non-hydrogen) atoms. The summed E-state index contributed by atoms with van der Waals surface area (Å²) in [6.45, 7) is 4.35. The zero-order chi connectivity index (χ0) is 15.3. The fraction of sp³-hybridized carbons (Fsp3) is 0.769. The minimum absolute atomic E-state index is 0.0823. The van der Waals surface area contributed by atoms with Crippen LogP contribution in [-0.4, -0.2) is 54.1 Å². The van der Waals surface area contributed by atoms with E-state index in [-0.39, 0.29) is 17.7 Å². The molecule has 1 rings (SSSR count). The molecule has 0 aromatic rings. The van der Waals surface area contributed by atoms with E-state index in [1.165, 1.54) is 4.90 Å². The highest BCUT2D eigenvalue weighted by Crippen LogP contribution is 2.17. The fourth-order valence-electron chi connectivity index (χ4n) is 2.32. The lowest BCUT2D eigenvalue weighted by Crippen LogP contribution is -2.53. The molecule has 1 fully saturated rings.